The summed E-state index contributed by atoms with van der Waals surface area (Å²) in [5, 5.41) is 9.09. The Balaban J connectivity index is 2.25. The highest BCUT2D eigenvalue weighted by Gasteiger charge is 2.29. The number of aromatic nitrogens is 2. The lowest BCUT2D eigenvalue weighted by atomic mass is 10.2. The monoisotopic (exact) mass is 279 g/mol. The van der Waals surface area contributed by atoms with Crippen molar-refractivity contribution < 1.29 is 0 Å². The highest BCUT2D eigenvalue weighted by atomic mass is 15.1. The largest absolute Gasteiger partial charge is 0.404 e. The van der Waals surface area contributed by atoms with Gasteiger partial charge in [-0.05, 0) is 44.0 Å². The van der Waals surface area contributed by atoms with Crippen molar-refractivity contribution in [2.75, 3.05) is 0 Å². The van der Waals surface area contributed by atoms with Gasteiger partial charge in [0.15, 0.2) is 0 Å². The Hall–Kier alpha value is -2.74. The summed E-state index contributed by atoms with van der Waals surface area (Å²) in [6, 6.07) is 8.16. The molecule has 3 rings (SSSR count). The molecule has 1 fully saturated rings. The summed E-state index contributed by atoms with van der Waals surface area (Å²) < 4.78 is 2.17. The molecule has 0 atom stereocenters. The van der Waals surface area contributed by atoms with Gasteiger partial charge in [-0.3, -0.25) is 0 Å². The van der Waals surface area contributed by atoms with E-state index < -0.39 is 0 Å². The first-order chi connectivity index (χ1) is 10.1. The van der Waals surface area contributed by atoms with Gasteiger partial charge in [-0.15, -0.1) is 0 Å². The fraction of sp³-hybridized carbons (Fsp3) is 0.250. The van der Waals surface area contributed by atoms with E-state index in [2.05, 4.69) is 15.6 Å². The van der Waals surface area contributed by atoms with E-state index in [1.165, 1.54) is 6.20 Å². The second-order valence-corrected chi connectivity index (χ2v) is 5.36. The van der Waals surface area contributed by atoms with Crippen molar-refractivity contribution >= 4 is 16.6 Å². The molecule has 5 heteroatoms. The van der Waals surface area contributed by atoms with Crippen molar-refractivity contribution in [2.24, 2.45) is 11.5 Å². The zero-order chi connectivity index (χ0) is 15.0. The van der Waals surface area contributed by atoms with E-state index in [1.807, 2.05) is 25.1 Å². The normalized spacial score (nSPS) is 16.2. The number of hydrogen-bond donors (Lipinski definition) is 2. The number of nitriles is 1. The Morgan fingerprint density at radius 2 is 2.24 bits per heavy atom. The fourth-order valence-corrected chi connectivity index (χ4v) is 2.50. The molecule has 1 heterocycles. The molecule has 1 aromatic heterocycles. The van der Waals surface area contributed by atoms with Crippen LogP contribution in [0.15, 0.2) is 36.2 Å². The van der Waals surface area contributed by atoms with E-state index in [1.54, 1.807) is 6.07 Å². The third-order valence-corrected chi connectivity index (χ3v) is 3.55. The van der Waals surface area contributed by atoms with Gasteiger partial charge in [0.2, 0.25) is 0 Å². The molecule has 21 heavy (non-hydrogen) atoms. The van der Waals surface area contributed by atoms with Crippen LogP contribution >= 0.6 is 0 Å². The van der Waals surface area contributed by atoms with E-state index in [0.717, 1.165) is 35.3 Å². The van der Waals surface area contributed by atoms with Crippen LogP contribution in [-0.2, 0) is 0 Å². The van der Waals surface area contributed by atoms with E-state index >= 15 is 0 Å². The molecule has 106 valence electrons. The fourth-order valence-electron chi connectivity index (χ4n) is 2.50. The summed E-state index contributed by atoms with van der Waals surface area (Å²) in [4.78, 5) is 4.68. The highest BCUT2D eigenvalue weighted by molar-refractivity contribution is 5.83. The summed E-state index contributed by atoms with van der Waals surface area (Å²) in [6.45, 7) is 1.82. The number of allylic oxidation sites excluding steroid dienone is 3. The topological polar surface area (TPSA) is 93.7 Å². The molecule has 1 aliphatic carbocycles. The molecule has 0 spiro atoms. The van der Waals surface area contributed by atoms with Gasteiger partial charge >= 0.3 is 0 Å². The number of rotatable bonds is 3. The van der Waals surface area contributed by atoms with Gasteiger partial charge < -0.3 is 16.0 Å². The number of imidazole rings is 1. The Labute approximate surface area is 123 Å². The Bertz CT molecular complexity index is 796. The van der Waals surface area contributed by atoms with E-state index in [9.17, 15) is 0 Å². The van der Waals surface area contributed by atoms with Crippen LogP contribution in [0, 0.1) is 11.3 Å². The van der Waals surface area contributed by atoms with Crippen LogP contribution < -0.4 is 11.5 Å². The maximum Gasteiger partial charge on any atom is 0.142 e. The lowest BCUT2D eigenvalue weighted by molar-refractivity contribution is 0.753. The lowest BCUT2D eigenvalue weighted by Crippen LogP contribution is -2.03. The molecule has 0 bridgehead atoms. The Morgan fingerprint density at radius 1 is 1.48 bits per heavy atom. The minimum Gasteiger partial charge on any atom is -0.404 e. The summed E-state index contributed by atoms with van der Waals surface area (Å²) >= 11 is 0. The first-order valence-corrected chi connectivity index (χ1v) is 6.92. The van der Waals surface area contributed by atoms with Gasteiger partial charge in [0, 0.05) is 23.5 Å². The zero-order valence-corrected chi connectivity index (χ0v) is 11.9. The molecule has 1 aromatic carbocycles. The van der Waals surface area contributed by atoms with Crippen LogP contribution in [0.1, 0.15) is 37.2 Å². The second-order valence-electron chi connectivity index (χ2n) is 5.36. The van der Waals surface area contributed by atoms with Crippen molar-refractivity contribution in [3.8, 4) is 6.07 Å². The van der Waals surface area contributed by atoms with Crippen LogP contribution in [-0.4, -0.2) is 9.55 Å². The zero-order valence-electron chi connectivity index (χ0n) is 11.9. The van der Waals surface area contributed by atoms with E-state index in [-0.39, 0.29) is 0 Å². The third kappa shape index (κ3) is 2.36. The van der Waals surface area contributed by atoms with Gasteiger partial charge in [-0.2, -0.15) is 5.26 Å². The molecule has 0 amide bonds. The molecular weight excluding hydrogens is 262 g/mol. The highest BCUT2D eigenvalue weighted by Crippen LogP contribution is 2.40. The maximum atomic E-state index is 9.09. The van der Waals surface area contributed by atoms with Crippen molar-refractivity contribution in [2.45, 2.75) is 25.8 Å². The quantitative estimate of drug-likeness (QED) is 0.843. The summed E-state index contributed by atoms with van der Waals surface area (Å²) in [6.07, 6.45) is 5.60. The Morgan fingerprint density at radius 3 is 2.81 bits per heavy atom. The Kier molecular flexibility index (Phi) is 3.15. The van der Waals surface area contributed by atoms with Crippen LogP contribution in [0.5, 0.6) is 0 Å². The molecule has 0 saturated heterocycles. The van der Waals surface area contributed by atoms with Crippen LogP contribution in [0.3, 0.4) is 0 Å². The number of fused-ring (bicyclic) bond motifs is 1. The SMILES string of the molecule is C/C(N)=C/C(=C\N)c1nc2ccc(C#N)cc2n1C1CC1. The van der Waals surface area contributed by atoms with Crippen LogP contribution in [0.2, 0.25) is 0 Å². The van der Waals surface area contributed by atoms with Gasteiger partial charge in [-0.25, -0.2) is 4.98 Å². The summed E-state index contributed by atoms with van der Waals surface area (Å²) in [5.74, 6) is 0.815. The smallest absolute Gasteiger partial charge is 0.142 e. The lowest BCUT2D eigenvalue weighted by Gasteiger charge is -2.08. The molecule has 4 N–H and O–H groups in total. The van der Waals surface area contributed by atoms with Crippen molar-refractivity contribution in [1.82, 2.24) is 9.55 Å². The summed E-state index contributed by atoms with van der Waals surface area (Å²) in [5.41, 5.74) is 15.5. The molecule has 0 aliphatic heterocycles. The minimum absolute atomic E-state index is 0.431. The predicted octanol–water partition coefficient (Wildman–Crippen LogP) is 2.40. The van der Waals surface area contributed by atoms with Crippen LogP contribution in [0.4, 0.5) is 0 Å². The van der Waals surface area contributed by atoms with Gasteiger partial charge in [0.1, 0.15) is 5.82 Å². The van der Waals surface area contributed by atoms with Crippen LogP contribution in [0.25, 0.3) is 16.6 Å². The van der Waals surface area contributed by atoms with Gasteiger partial charge in [0.05, 0.1) is 22.7 Å². The minimum atomic E-state index is 0.431. The first-order valence-electron chi connectivity index (χ1n) is 6.92. The van der Waals surface area contributed by atoms with Crippen molar-refractivity contribution in [3.63, 3.8) is 0 Å². The standard InChI is InChI=1S/C16H17N5/c1-10(19)6-12(9-18)16-20-14-5-2-11(8-17)7-15(14)21(16)13-3-4-13/h2,5-7,9,13H,3-4,18-19H2,1H3/b10-6-,12-9+. The first kappa shape index (κ1) is 13.3. The average molecular weight is 279 g/mol. The molecule has 1 saturated carbocycles. The molecule has 0 radical (unpaired) electrons. The van der Waals surface area contributed by atoms with Gasteiger partial charge in [-0.1, -0.05) is 0 Å². The predicted molar refractivity (Wildman–Crippen MR) is 82.8 cm³/mol. The molecular formula is C16H17N5. The van der Waals surface area contributed by atoms with Crippen molar-refractivity contribution in [3.05, 3.63) is 47.6 Å². The maximum absolute atomic E-state index is 9.09. The molecule has 1 aliphatic rings. The molecule has 5 nitrogen and oxygen atoms in total. The number of nitrogens with zero attached hydrogens (tertiary/aromatic N) is 3. The van der Waals surface area contributed by atoms with Crippen molar-refractivity contribution in [1.29, 1.82) is 5.26 Å². The number of benzene rings is 1. The molecule has 0 unspecified atom stereocenters. The van der Waals surface area contributed by atoms with Gasteiger partial charge in [0.25, 0.3) is 0 Å². The summed E-state index contributed by atoms with van der Waals surface area (Å²) in [7, 11) is 0. The average Bonchev–Trinajstić information content (AvgIpc) is 3.24. The number of nitrogens with two attached hydrogens (primary N) is 2. The third-order valence-electron chi connectivity index (χ3n) is 3.55. The number of hydrogen-bond acceptors (Lipinski definition) is 4. The van der Waals surface area contributed by atoms with E-state index in [0.29, 0.717) is 17.3 Å². The van der Waals surface area contributed by atoms with E-state index in [4.69, 9.17) is 16.7 Å². The second kappa shape index (κ2) is 4.98. The molecule has 2 aromatic rings.